The van der Waals surface area contributed by atoms with Crippen LogP contribution >= 0.6 is 0 Å². The third-order valence-electron chi connectivity index (χ3n) is 5.76. The highest BCUT2D eigenvalue weighted by Crippen LogP contribution is 2.34. The van der Waals surface area contributed by atoms with Crippen LogP contribution in [0.4, 0.5) is 0 Å². The van der Waals surface area contributed by atoms with E-state index in [0.717, 1.165) is 17.5 Å². The van der Waals surface area contributed by atoms with Gasteiger partial charge in [0.25, 0.3) is 15.9 Å². The van der Waals surface area contributed by atoms with E-state index < -0.39 is 10.0 Å². The molecule has 158 valence electrons. The van der Waals surface area contributed by atoms with Crippen LogP contribution in [0.15, 0.2) is 51.2 Å². The second-order valence-corrected chi connectivity index (χ2v) is 9.33. The van der Waals surface area contributed by atoms with Gasteiger partial charge in [-0.25, -0.2) is 0 Å². The van der Waals surface area contributed by atoms with Gasteiger partial charge in [0.05, 0.1) is 11.8 Å². The van der Waals surface area contributed by atoms with Crippen LogP contribution in [0.25, 0.3) is 4.91 Å². The zero-order valence-electron chi connectivity index (χ0n) is 17.4. The molecule has 1 amide bonds. The minimum absolute atomic E-state index is 0.0744. The van der Waals surface area contributed by atoms with Gasteiger partial charge in [0.1, 0.15) is 17.0 Å². The van der Waals surface area contributed by atoms with Crippen molar-refractivity contribution < 1.29 is 17.6 Å². The molecule has 1 aromatic carbocycles. The van der Waals surface area contributed by atoms with Crippen LogP contribution in [-0.4, -0.2) is 56.1 Å². The van der Waals surface area contributed by atoms with E-state index in [9.17, 15) is 13.2 Å². The topological polar surface area (TPSA) is 83.2 Å². The molecule has 0 N–H and O–H groups in total. The van der Waals surface area contributed by atoms with E-state index in [4.69, 9.17) is 4.42 Å². The molecule has 0 atom stereocenters. The van der Waals surface area contributed by atoms with Crippen molar-refractivity contribution in [1.29, 1.82) is 0 Å². The zero-order chi connectivity index (χ0) is 21.5. The van der Waals surface area contributed by atoms with Crippen molar-refractivity contribution in [2.45, 2.75) is 27.2 Å². The van der Waals surface area contributed by atoms with Gasteiger partial charge in [-0.2, -0.15) is 8.42 Å². The first-order valence-electron chi connectivity index (χ1n) is 9.98. The fourth-order valence-corrected chi connectivity index (χ4v) is 5.44. The normalized spacial score (nSPS) is 19.1. The van der Waals surface area contributed by atoms with E-state index in [0.29, 0.717) is 48.7 Å². The Labute approximate surface area is 176 Å². The summed E-state index contributed by atoms with van der Waals surface area (Å²) in [6.07, 6.45) is 3.66. The monoisotopic (exact) mass is 427 g/mol. The number of hydrogen-bond acceptors (Lipinski definition) is 5. The van der Waals surface area contributed by atoms with Crippen LogP contribution in [-0.2, 0) is 10.0 Å². The Balaban J connectivity index is 1.58. The number of nitrogens with zero attached hydrogens (tertiary/aromatic N) is 3. The van der Waals surface area contributed by atoms with Gasteiger partial charge in [0.2, 0.25) is 0 Å². The Morgan fingerprint density at radius 1 is 1.03 bits per heavy atom. The number of amides is 1. The minimum Gasteiger partial charge on any atom is -0.472 e. The Kier molecular flexibility index (Phi) is 5.27. The largest absolute Gasteiger partial charge is 0.472 e. The summed E-state index contributed by atoms with van der Waals surface area (Å²) < 4.78 is 34.9. The van der Waals surface area contributed by atoms with Gasteiger partial charge in [-0.05, 0) is 49.9 Å². The van der Waals surface area contributed by atoms with Crippen LogP contribution in [0.3, 0.4) is 0 Å². The molecular formula is C22H25N3O4S. The molecule has 7 nitrogen and oxygen atoms in total. The standard InChI is InChI=1S/C22H25N3O4S/c1-15-5-6-18(13-16(15)2)20-17(3)21(23-30(20,27)28)24-8-4-9-25(11-10-24)22(26)19-7-12-29-14-19/h5-7,12-14H,4,8-11H2,1-3H3. The third kappa shape index (κ3) is 3.67. The van der Waals surface area contributed by atoms with Crippen molar-refractivity contribution in [2.75, 3.05) is 26.2 Å². The SMILES string of the molecule is CC1=C(c2ccc(C)c(C)c2)S(=O)(=O)N=C1N1CCCN(C(=O)c2ccoc2)CC1. The molecule has 0 unspecified atom stereocenters. The first-order chi connectivity index (χ1) is 14.3. The molecule has 8 heteroatoms. The number of benzene rings is 1. The number of aryl methyl sites for hydroxylation is 2. The number of carbonyl (C=O) groups is 1. The van der Waals surface area contributed by atoms with Crippen LogP contribution in [0, 0.1) is 13.8 Å². The third-order valence-corrected chi connectivity index (χ3v) is 7.23. The van der Waals surface area contributed by atoms with Gasteiger partial charge in [-0.15, -0.1) is 4.40 Å². The number of carbonyl (C=O) groups excluding carboxylic acids is 1. The maximum atomic E-state index is 12.9. The average molecular weight is 428 g/mol. The molecule has 1 saturated heterocycles. The number of furan rings is 1. The Morgan fingerprint density at radius 3 is 2.53 bits per heavy atom. The molecule has 0 spiro atoms. The van der Waals surface area contributed by atoms with Crippen LogP contribution < -0.4 is 0 Å². The lowest BCUT2D eigenvalue weighted by atomic mass is 10.0. The van der Waals surface area contributed by atoms with E-state index in [1.807, 2.05) is 43.9 Å². The Hall–Kier alpha value is -2.87. The molecule has 1 aromatic heterocycles. The summed E-state index contributed by atoms with van der Waals surface area (Å²) in [6, 6.07) is 7.33. The molecule has 4 rings (SSSR count). The Bertz CT molecular complexity index is 1150. The van der Waals surface area contributed by atoms with Crippen molar-refractivity contribution in [2.24, 2.45) is 4.40 Å². The zero-order valence-corrected chi connectivity index (χ0v) is 18.2. The number of sulfonamides is 1. The molecule has 0 saturated carbocycles. The number of amidine groups is 1. The summed E-state index contributed by atoms with van der Waals surface area (Å²) in [5.41, 5.74) is 4.01. The lowest BCUT2D eigenvalue weighted by molar-refractivity contribution is 0.0763. The van der Waals surface area contributed by atoms with Crippen molar-refractivity contribution in [3.8, 4) is 0 Å². The second-order valence-electron chi connectivity index (χ2n) is 7.79. The smallest absolute Gasteiger partial charge is 0.285 e. The van der Waals surface area contributed by atoms with Gasteiger partial charge in [0.15, 0.2) is 0 Å². The summed E-state index contributed by atoms with van der Waals surface area (Å²) in [4.78, 5) is 16.6. The van der Waals surface area contributed by atoms with Crippen LogP contribution in [0.1, 0.15) is 40.4 Å². The highest BCUT2D eigenvalue weighted by Gasteiger charge is 2.34. The van der Waals surface area contributed by atoms with Gasteiger partial charge in [-0.3, -0.25) is 4.79 Å². The maximum Gasteiger partial charge on any atom is 0.285 e. The molecule has 0 radical (unpaired) electrons. The second kappa shape index (κ2) is 7.75. The predicted molar refractivity (Wildman–Crippen MR) is 116 cm³/mol. The number of rotatable bonds is 2. The van der Waals surface area contributed by atoms with E-state index in [1.54, 1.807) is 11.0 Å². The molecular weight excluding hydrogens is 402 g/mol. The van der Waals surface area contributed by atoms with E-state index >= 15 is 0 Å². The summed E-state index contributed by atoms with van der Waals surface area (Å²) >= 11 is 0. The van der Waals surface area contributed by atoms with Gasteiger partial charge >= 0.3 is 0 Å². The van der Waals surface area contributed by atoms with Gasteiger partial charge < -0.3 is 14.2 Å². The fourth-order valence-electron chi connectivity index (χ4n) is 3.97. The van der Waals surface area contributed by atoms with Gasteiger partial charge in [-0.1, -0.05) is 18.2 Å². The van der Waals surface area contributed by atoms with Crippen molar-refractivity contribution in [1.82, 2.24) is 9.80 Å². The van der Waals surface area contributed by atoms with E-state index in [1.165, 1.54) is 12.5 Å². The van der Waals surface area contributed by atoms with E-state index in [2.05, 4.69) is 4.40 Å². The molecule has 2 aliphatic rings. The van der Waals surface area contributed by atoms with Crippen molar-refractivity contribution in [3.63, 3.8) is 0 Å². The quantitative estimate of drug-likeness (QED) is 0.735. The minimum atomic E-state index is -3.76. The summed E-state index contributed by atoms with van der Waals surface area (Å²) in [5, 5.41) is 0. The highest BCUT2D eigenvalue weighted by molar-refractivity contribution is 8.00. The first-order valence-corrected chi connectivity index (χ1v) is 11.4. The molecule has 1 fully saturated rings. The predicted octanol–water partition coefficient (Wildman–Crippen LogP) is 3.22. The fraction of sp³-hybridized carbons (Fsp3) is 0.364. The molecule has 2 aromatic rings. The van der Waals surface area contributed by atoms with Gasteiger partial charge in [0, 0.05) is 31.8 Å². The van der Waals surface area contributed by atoms with Crippen LogP contribution in [0.2, 0.25) is 0 Å². The first kappa shape index (κ1) is 20.4. The van der Waals surface area contributed by atoms with Crippen molar-refractivity contribution >= 4 is 26.7 Å². The van der Waals surface area contributed by atoms with Crippen LogP contribution in [0.5, 0.6) is 0 Å². The average Bonchev–Trinajstić information content (AvgIpc) is 3.23. The Morgan fingerprint density at radius 2 is 1.83 bits per heavy atom. The molecule has 0 aliphatic carbocycles. The highest BCUT2D eigenvalue weighted by atomic mass is 32.2. The summed E-state index contributed by atoms with van der Waals surface area (Å²) in [5.74, 6) is 0.413. The maximum absolute atomic E-state index is 12.9. The molecule has 0 bridgehead atoms. The van der Waals surface area contributed by atoms with E-state index in [-0.39, 0.29) is 10.8 Å². The lowest BCUT2D eigenvalue weighted by Gasteiger charge is -2.23. The summed E-state index contributed by atoms with van der Waals surface area (Å²) in [7, 11) is -3.76. The summed E-state index contributed by atoms with van der Waals surface area (Å²) in [6.45, 7) is 8.05. The molecule has 2 aliphatic heterocycles. The lowest BCUT2D eigenvalue weighted by Crippen LogP contribution is -2.37. The van der Waals surface area contributed by atoms with Crippen molar-refractivity contribution in [3.05, 3.63) is 64.6 Å². The molecule has 30 heavy (non-hydrogen) atoms. The number of hydrogen-bond donors (Lipinski definition) is 0. The molecule has 3 heterocycles.